The van der Waals surface area contributed by atoms with Crippen LogP contribution in [0.25, 0.3) is 0 Å². The molecule has 5 atom stereocenters. The van der Waals surface area contributed by atoms with Crippen LogP contribution in [0, 0.1) is 3.57 Å². The van der Waals surface area contributed by atoms with E-state index in [1.54, 1.807) is 0 Å². The molecule has 3 rings (SSSR count). The Morgan fingerprint density at radius 1 is 1.08 bits per heavy atom. The van der Waals surface area contributed by atoms with E-state index in [0.29, 0.717) is 4.57 Å². The summed E-state index contributed by atoms with van der Waals surface area (Å²) in [5.41, 5.74) is -2.82. The molecule has 1 aliphatic heterocycles. The van der Waals surface area contributed by atoms with E-state index in [9.17, 15) is 42.6 Å². The molecule has 0 radical (unpaired) electrons. The zero-order valence-corrected chi connectivity index (χ0v) is 21.7. The van der Waals surface area contributed by atoms with E-state index in [-0.39, 0.29) is 8.14 Å². The zero-order chi connectivity index (χ0) is 27.1. The summed E-state index contributed by atoms with van der Waals surface area (Å²) in [6.07, 6.45) is -6.27. The Balaban J connectivity index is 1.88. The number of aromatic nitrogens is 2. The van der Waals surface area contributed by atoms with Gasteiger partial charge in [0.1, 0.15) is 18.3 Å². The van der Waals surface area contributed by atoms with Crippen molar-refractivity contribution < 1.29 is 56.4 Å². The van der Waals surface area contributed by atoms with Crippen LogP contribution in [0.3, 0.4) is 0 Å². The first-order valence-electron chi connectivity index (χ1n) is 9.73. The second-order valence-electron chi connectivity index (χ2n) is 7.51. The Morgan fingerprint density at radius 3 is 2.28 bits per heavy atom. The number of hydrogen-bond donors (Lipinski definition) is 5. The predicted octanol–water partition coefficient (Wildman–Crippen LogP) is 0.252. The standard InChI is InChI=1S/C17H19F2IN2O12P2/c18-17(19,9-4-2-1-3-5-9)8-22-14(25)10(20)6-21(16(22)26)15-13(24)12(23)11(33-15)7-32-36(30,31)34-35(27,28)29/h1-6,11-13,15,23-24H,7-8H2,(H,30,31)(H2,27,28,29)/t11-,12+,13+,15-/m1/s1. The molecule has 36 heavy (non-hydrogen) atoms. The summed E-state index contributed by atoms with van der Waals surface area (Å²) in [7, 11) is -10.8. The second-order valence-corrected chi connectivity index (χ2v) is 11.5. The molecule has 14 nitrogen and oxygen atoms in total. The number of nitrogens with zero attached hydrogens (tertiary/aromatic N) is 2. The third-order valence-electron chi connectivity index (χ3n) is 4.93. The third kappa shape index (κ3) is 6.73. The van der Waals surface area contributed by atoms with Gasteiger partial charge in [-0.05, 0) is 22.6 Å². The molecule has 0 aliphatic carbocycles. The largest absolute Gasteiger partial charge is 0.481 e. The van der Waals surface area contributed by atoms with Crippen LogP contribution in [0.1, 0.15) is 11.8 Å². The van der Waals surface area contributed by atoms with Crippen LogP contribution < -0.4 is 11.2 Å². The van der Waals surface area contributed by atoms with E-state index < -0.39 is 76.1 Å². The number of alkyl halides is 2. The first-order valence-corrected chi connectivity index (χ1v) is 13.8. The van der Waals surface area contributed by atoms with Crippen LogP contribution in [-0.4, -0.2) is 58.9 Å². The molecule has 1 aromatic carbocycles. The number of phosphoric ester groups is 1. The number of hydrogen-bond acceptors (Lipinski definition) is 9. The van der Waals surface area contributed by atoms with Crippen LogP contribution in [-0.2, 0) is 35.2 Å². The number of ether oxygens (including phenoxy) is 1. The molecule has 2 heterocycles. The van der Waals surface area contributed by atoms with E-state index in [1.165, 1.54) is 40.8 Å². The molecular weight excluding hydrogens is 651 g/mol. The van der Waals surface area contributed by atoms with Gasteiger partial charge in [0.15, 0.2) is 6.23 Å². The van der Waals surface area contributed by atoms with Crippen LogP contribution >= 0.6 is 38.2 Å². The van der Waals surface area contributed by atoms with Gasteiger partial charge in [0.05, 0.1) is 16.7 Å². The molecule has 1 aliphatic rings. The fraction of sp³-hybridized carbons (Fsp3) is 0.412. The number of phosphoric acid groups is 2. The Morgan fingerprint density at radius 2 is 1.69 bits per heavy atom. The van der Waals surface area contributed by atoms with Crippen molar-refractivity contribution in [2.24, 2.45) is 0 Å². The van der Waals surface area contributed by atoms with Gasteiger partial charge in [-0.1, -0.05) is 30.3 Å². The Kier molecular flexibility index (Phi) is 8.74. The molecule has 2 aromatic rings. The highest BCUT2D eigenvalue weighted by Crippen LogP contribution is 2.57. The lowest BCUT2D eigenvalue weighted by atomic mass is 10.1. The number of rotatable bonds is 9. The first kappa shape index (κ1) is 29.2. The van der Waals surface area contributed by atoms with Crippen LogP contribution in [0.4, 0.5) is 8.78 Å². The van der Waals surface area contributed by atoms with Crippen LogP contribution in [0.2, 0.25) is 0 Å². The molecule has 1 aromatic heterocycles. The smallest absolute Gasteiger partial charge is 0.387 e. The van der Waals surface area contributed by atoms with Crippen molar-refractivity contribution in [1.82, 2.24) is 9.13 Å². The molecule has 200 valence electrons. The van der Waals surface area contributed by atoms with Gasteiger partial charge in [-0.15, -0.1) is 0 Å². The number of benzene rings is 1. The van der Waals surface area contributed by atoms with E-state index in [0.717, 1.165) is 18.3 Å². The van der Waals surface area contributed by atoms with Crippen molar-refractivity contribution in [3.05, 3.63) is 66.5 Å². The average Bonchev–Trinajstić information content (AvgIpc) is 3.05. The minimum absolute atomic E-state index is 0.212. The van der Waals surface area contributed by atoms with Crippen molar-refractivity contribution in [2.45, 2.75) is 37.0 Å². The summed E-state index contributed by atoms with van der Waals surface area (Å²) in [4.78, 5) is 52.1. The predicted molar refractivity (Wildman–Crippen MR) is 123 cm³/mol. The summed E-state index contributed by atoms with van der Waals surface area (Å²) >= 11 is 1.48. The van der Waals surface area contributed by atoms with Gasteiger partial charge in [0.25, 0.3) is 11.5 Å². The maximum Gasteiger partial charge on any atom is 0.481 e. The lowest BCUT2D eigenvalue weighted by Gasteiger charge is -2.22. The van der Waals surface area contributed by atoms with E-state index >= 15 is 0 Å². The number of aliphatic hydroxyl groups excluding tert-OH is 2. The lowest BCUT2D eigenvalue weighted by molar-refractivity contribution is -0.0571. The SMILES string of the molecule is O=c1c(I)cn([C@@H]2O[C@H](COP(=O)(O)OP(=O)(O)O)[C@H](O)[C@@H]2O)c(=O)n1CC(F)(F)c1ccccc1. The molecule has 0 spiro atoms. The molecule has 1 saturated heterocycles. The van der Waals surface area contributed by atoms with Crippen LogP contribution in [0.5, 0.6) is 0 Å². The van der Waals surface area contributed by atoms with Gasteiger partial charge in [-0.2, -0.15) is 13.1 Å². The highest BCUT2D eigenvalue weighted by atomic mass is 127. The highest BCUT2D eigenvalue weighted by Gasteiger charge is 2.46. The van der Waals surface area contributed by atoms with Crippen molar-refractivity contribution in [1.29, 1.82) is 0 Å². The van der Waals surface area contributed by atoms with Gasteiger partial charge in [0, 0.05) is 11.8 Å². The minimum Gasteiger partial charge on any atom is -0.387 e. The molecule has 1 fully saturated rings. The van der Waals surface area contributed by atoms with Gasteiger partial charge in [-0.25, -0.2) is 13.9 Å². The molecule has 1 unspecified atom stereocenters. The maximum absolute atomic E-state index is 14.8. The summed E-state index contributed by atoms with van der Waals surface area (Å²) < 4.78 is 65.8. The summed E-state index contributed by atoms with van der Waals surface area (Å²) in [6.45, 7) is -2.39. The number of halogens is 3. The topological polar surface area (TPSA) is 207 Å². The van der Waals surface area contributed by atoms with Crippen molar-refractivity contribution >= 4 is 38.2 Å². The van der Waals surface area contributed by atoms with E-state index in [4.69, 9.17) is 14.5 Å². The first-order chi connectivity index (χ1) is 16.5. The minimum atomic E-state index is -5.43. The van der Waals surface area contributed by atoms with Gasteiger partial charge in [0.2, 0.25) is 0 Å². The van der Waals surface area contributed by atoms with Crippen molar-refractivity contribution in [3.63, 3.8) is 0 Å². The van der Waals surface area contributed by atoms with E-state index in [1.807, 2.05) is 0 Å². The third-order valence-corrected chi connectivity index (χ3v) is 7.82. The molecular formula is C17H19F2IN2O12P2. The monoisotopic (exact) mass is 670 g/mol. The highest BCUT2D eigenvalue weighted by molar-refractivity contribution is 14.1. The quantitative estimate of drug-likeness (QED) is 0.180. The van der Waals surface area contributed by atoms with Crippen LogP contribution in [0.15, 0.2) is 46.1 Å². The Labute approximate surface area is 213 Å². The normalized spacial score (nSPS) is 24.6. The van der Waals surface area contributed by atoms with Crippen molar-refractivity contribution in [2.75, 3.05) is 6.61 Å². The van der Waals surface area contributed by atoms with Gasteiger partial charge < -0.3 is 29.6 Å². The molecule has 5 N–H and O–H groups in total. The maximum atomic E-state index is 14.8. The van der Waals surface area contributed by atoms with Gasteiger partial charge >= 0.3 is 21.3 Å². The average molecular weight is 670 g/mol. The fourth-order valence-electron chi connectivity index (χ4n) is 3.30. The second kappa shape index (κ2) is 10.8. The molecule has 0 bridgehead atoms. The molecule has 19 heteroatoms. The summed E-state index contributed by atoms with van der Waals surface area (Å²) in [6, 6.07) is 6.42. The summed E-state index contributed by atoms with van der Waals surface area (Å²) in [5.74, 6) is -3.64. The molecule has 0 amide bonds. The fourth-order valence-corrected chi connectivity index (χ4v) is 5.49. The van der Waals surface area contributed by atoms with Crippen molar-refractivity contribution in [3.8, 4) is 0 Å². The Bertz CT molecular complexity index is 1320. The molecule has 0 saturated carbocycles. The zero-order valence-electron chi connectivity index (χ0n) is 17.7. The number of aliphatic hydroxyl groups is 2. The lowest BCUT2D eigenvalue weighted by Crippen LogP contribution is -2.46. The summed E-state index contributed by atoms with van der Waals surface area (Å²) in [5, 5.41) is 20.6. The van der Waals surface area contributed by atoms with E-state index in [2.05, 4.69) is 8.83 Å². The Hall–Kier alpha value is -1.37. The van der Waals surface area contributed by atoms with Gasteiger partial charge in [-0.3, -0.25) is 18.5 Å².